The van der Waals surface area contributed by atoms with Crippen molar-refractivity contribution in [2.75, 3.05) is 0 Å². The van der Waals surface area contributed by atoms with Gasteiger partial charge in [-0.3, -0.25) is 0 Å². The lowest BCUT2D eigenvalue weighted by atomic mass is 9.43. The molecule has 0 unspecified atom stereocenters. The summed E-state index contributed by atoms with van der Waals surface area (Å²) in [5.41, 5.74) is 16.8. The van der Waals surface area contributed by atoms with Gasteiger partial charge in [-0.15, -0.1) is 0 Å². The largest absolute Gasteiger partial charge is 0.0622 e. The van der Waals surface area contributed by atoms with Crippen molar-refractivity contribution in [2.45, 2.75) is 37.5 Å². The van der Waals surface area contributed by atoms with Crippen molar-refractivity contribution < 1.29 is 0 Å². The number of benzene rings is 8. The van der Waals surface area contributed by atoms with Crippen LogP contribution >= 0.6 is 0 Å². The lowest BCUT2D eigenvalue weighted by Gasteiger charge is -2.61. The molecule has 0 atom stereocenters. The normalized spacial score (nSPS) is 23.3. The first-order valence-electron chi connectivity index (χ1n) is 20.2. The summed E-state index contributed by atoms with van der Waals surface area (Å²) in [4.78, 5) is 0. The highest BCUT2D eigenvalue weighted by Crippen LogP contribution is 2.70. The van der Waals surface area contributed by atoms with E-state index in [0.29, 0.717) is 11.8 Å². The van der Waals surface area contributed by atoms with E-state index in [9.17, 15) is 0 Å². The standard InChI is InChI=1S/C54H42/c1-3-12-36(13-4-1)38-16-11-17-40(31-38)52-46-18-7-9-20-48(46)53(49-21-10-8-19-47(49)52)41-23-25-45-44-24-22-39(37-14-5-2-6-15-37)32-50(44)54(51(45)33-41)42-27-34-26-35(29-42)30-43(54)28-34/h1-25,31-35,42-43H,26-30H2. The van der Waals surface area contributed by atoms with E-state index in [1.165, 1.54) is 109 Å². The van der Waals surface area contributed by atoms with Crippen LogP contribution in [0.4, 0.5) is 0 Å². The third kappa shape index (κ3) is 4.32. The molecule has 5 aliphatic carbocycles. The second kappa shape index (κ2) is 11.6. The highest BCUT2D eigenvalue weighted by molar-refractivity contribution is 6.21. The van der Waals surface area contributed by atoms with Crippen LogP contribution in [0.1, 0.15) is 43.2 Å². The van der Waals surface area contributed by atoms with Crippen LogP contribution in [-0.2, 0) is 5.41 Å². The lowest BCUT2D eigenvalue weighted by molar-refractivity contribution is -0.0399. The first kappa shape index (κ1) is 30.7. The Labute approximate surface area is 318 Å². The average molecular weight is 691 g/mol. The van der Waals surface area contributed by atoms with Gasteiger partial charge in [-0.25, -0.2) is 0 Å². The summed E-state index contributed by atoms with van der Waals surface area (Å²) in [6, 6.07) is 64.5. The molecule has 4 fully saturated rings. The first-order chi connectivity index (χ1) is 26.7. The van der Waals surface area contributed by atoms with Gasteiger partial charge in [0, 0.05) is 5.41 Å². The summed E-state index contributed by atoms with van der Waals surface area (Å²) in [6.07, 6.45) is 7.00. The second-order valence-corrected chi connectivity index (χ2v) is 16.8. The average Bonchev–Trinajstić information content (AvgIpc) is 3.51. The van der Waals surface area contributed by atoms with E-state index in [1.54, 1.807) is 11.1 Å². The minimum atomic E-state index is 0.0856. The molecule has 0 aromatic heterocycles. The lowest BCUT2D eigenvalue weighted by Crippen LogP contribution is -2.55. The quantitative estimate of drug-likeness (QED) is 0.161. The number of fused-ring (bicyclic) bond motifs is 5. The van der Waals surface area contributed by atoms with E-state index in [2.05, 4.69) is 170 Å². The molecule has 0 saturated heterocycles. The zero-order valence-electron chi connectivity index (χ0n) is 30.5. The van der Waals surface area contributed by atoms with E-state index in [4.69, 9.17) is 0 Å². The minimum absolute atomic E-state index is 0.0856. The predicted octanol–water partition coefficient (Wildman–Crippen LogP) is 14.4. The summed E-state index contributed by atoms with van der Waals surface area (Å²) in [7, 11) is 0. The molecule has 8 aromatic carbocycles. The molecule has 0 N–H and O–H groups in total. The fourth-order valence-corrected chi connectivity index (χ4v) is 12.4. The van der Waals surface area contributed by atoms with E-state index in [1.807, 2.05) is 0 Å². The fourth-order valence-electron chi connectivity index (χ4n) is 12.4. The molecule has 0 radical (unpaired) electrons. The van der Waals surface area contributed by atoms with Crippen molar-refractivity contribution in [2.24, 2.45) is 23.7 Å². The Hall–Kier alpha value is -5.72. The number of rotatable bonds is 4. The van der Waals surface area contributed by atoms with Gasteiger partial charge in [-0.1, -0.05) is 152 Å². The third-order valence-electron chi connectivity index (χ3n) is 14.2. The summed E-state index contributed by atoms with van der Waals surface area (Å²) >= 11 is 0. The molecule has 0 amide bonds. The van der Waals surface area contributed by atoms with Crippen molar-refractivity contribution in [3.63, 3.8) is 0 Å². The maximum Gasteiger partial charge on any atom is 0.0272 e. The third-order valence-corrected chi connectivity index (χ3v) is 14.2. The Balaban J connectivity index is 1.09. The highest BCUT2D eigenvalue weighted by atomic mass is 14.6. The fraction of sp³-hybridized carbons (Fsp3) is 0.185. The Morgan fingerprint density at radius 1 is 0.315 bits per heavy atom. The molecular weight excluding hydrogens is 649 g/mol. The predicted molar refractivity (Wildman–Crippen MR) is 226 cm³/mol. The molecule has 4 saturated carbocycles. The Morgan fingerprint density at radius 2 is 0.704 bits per heavy atom. The van der Waals surface area contributed by atoms with Crippen LogP contribution in [0.5, 0.6) is 0 Å². The van der Waals surface area contributed by atoms with Gasteiger partial charge in [0.1, 0.15) is 0 Å². The van der Waals surface area contributed by atoms with Crippen molar-refractivity contribution in [1.29, 1.82) is 0 Å². The zero-order chi connectivity index (χ0) is 35.4. The molecule has 0 nitrogen and oxygen atoms in total. The maximum atomic E-state index is 2.68. The Morgan fingerprint density at radius 3 is 1.22 bits per heavy atom. The van der Waals surface area contributed by atoms with Gasteiger partial charge in [0.05, 0.1) is 0 Å². The van der Waals surface area contributed by atoms with Crippen LogP contribution in [0.15, 0.2) is 170 Å². The number of hydrogen-bond acceptors (Lipinski definition) is 0. The van der Waals surface area contributed by atoms with E-state index in [0.717, 1.165) is 11.8 Å². The molecule has 4 bridgehead atoms. The van der Waals surface area contributed by atoms with Crippen molar-refractivity contribution in [3.05, 3.63) is 181 Å². The van der Waals surface area contributed by atoms with Gasteiger partial charge >= 0.3 is 0 Å². The summed E-state index contributed by atoms with van der Waals surface area (Å²) in [5.74, 6) is 3.24. The molecule has 5 aliphatic rings. The molecule has 0 heterocycles. The van der Waals surface area contributed by atoms with Crippen LogP contribution in [0.25, 0.3) is 77.2 Å². The Kier molecular flexibility index (Phi) is 6.62. The molecule has 0 heteroatoms. The van der Waals surface area contributed by atoms with Crippen LogP contribution < -0.4 is 0 Å². The summed E-state index contributed by atoms with van der Waals surface area (Å²) < 4.78 is 0. The van der Waals surface area contributed by atoms with Gasteiger partial charge in [-0.2, -0.15) is 0 Å². The van der Waals surface area contributed by atoms with Crippen molar-refractivity contribution >= 4 is 21.5 Å². The van der Waals surface area contributed by atoms with Gasteiger partial charge in [0.25, 0.3) is 0 Å². The molecule has 13 rings (SSSR count). The summed E-state index contributed by atoms with van der Waals surface area (Å²) in [5, 5.41) is 5.30. The van der Waals surface area contributed by atoms with E-state index < -0.39 is 0 Å². The first-order valence-corrected chi connectivity index (χ1v) is 20.2. The van der Waals surface area contributed by atoms with E-state index in [-0.39, 0.29) is 5.41 Å². The van der Waals surface area contributed by atoms with Gasteiger partial charge in [-0.05, 0) is 162 Å². The van der Waals surface area contributed by atoms with Crippen LogP contribution in [0.2, 0.25) is 0 Å². The van der Waals surface area contributed by atoms with Crippen LogP contribution in [-0.4, -0.2) is 0 Å². The molecule has 8 aromatic rings. The van der Waals surface area contributed by atoms with Crippen LogP contribution in [0, 0.1) is 23.7 Å². The zero-order valence-corrected chi connectivity index (χ0v) is 30.5. The minimum Gasteiger partial charge on any atom is -0.0622 e. The van der Waals surface area contributed by atoms with Gasteiger partial charge in [0.2, 0.25) is 0 Å². The summed E-state index contributed by atoms with van der Waals surface area (Å²) in [6.45, 7) is 0. The van der Waals surface area contributed by atoms with Crippen LogP contribution in [0.3, 0.4) is 0 Å². The van der Waals surface area contributed by atoms with Gasteiger partial charge in [0.15, 0.2) is 0 Å². The van der Waals surface area contributed by atoms with Crippen molar-refractivity contribution in [3.8, 4) is 55.6 Å². The molecule has 258 valence electrons. The highest BCUT2D eigenvalue weighted by Gasteiger charge is 2.61. The molecular formula is C54H42. The molecule has 54 heavy (non-hydrogen) atoms. The van der Waals surface area contributed by atoms with E-state index >= 15 is 0 Å². The number of hydrogen-bond donors (Lipinski definition) is 0. The molecule has 0 aliphatic heterocycles. The SMILES string of the molecule is c1ccc(-c2cccc(-c3c4ccccc4c(-c4ccc5c(c4)C4(c6cc(-c7ccccc7)ccc6-5)C5CC6CC(C5)CC4C6)c4ccccc34)c2)cc1. The second-order valence-electron chi connectivity index (χ2n) is 16.8. The monoisotopic (exact) mass is 690 g/mol. The van der Waals surface area contributed by atoms with Gasteiger partial charge < -0.3 is 0 Å². The molecule has 1 spiro atoms. The maximum absolute atomic E-state index is 2.68. The smallest absolute Gasteiger partial charge is 0.0272 e. The Bertz CT molecular complexity index is 2680. The van der Waals surface area contributed by atoms with Crippen molar-refractivity contribution in [1.82, 2.24) is 0 Å². The topological polar surface area (TPSA) is 0 Å².